The van der Waals surface area contributed by atoms with E-state index in [-0.39, 0.29) is 17.8 Å². The summed E-state index contributed by atoms with van der Waals surface area (Å²) in [5, 5.41) is 15.5. The van der Waals surface area contributed by atoms with Crippen molar-refractivity contribution in [1.29, 1.82) is 0 Å². The van der Waals surface area contributed by atoms with Crippen LogP contribution in [-0.2, 0) is 4.79 Å². The average Bonchev–Trinajstić information content (AvgIpc) is 3.35. The van der Waals surface area contributed by atoms with Gasteiger partial charge in [0.05, 0.1) is 18.3 Å². The Morgan fingerprint density at radius 2 is 2.08 bits per heavy atom. The predicted octanol–water partition coefficient (Wildman–Crippen LogP) is 1.84. The van der Waals surface area contributed by atoms with E-state index in [4.69, 9.17) is 9.47 Å². The molecule has 2 aromatic rings. The van der Waals surface area contributed by atoms with E-state index < -0.39 is 0 Å². The van der Waals surface area contributed by atoms with Crippen LogP contribution in [0.25, 0.3) is 0 Å². The highest BCUT2D eigenvalue weighted by Crippen LogP contribution is 2.32. The molecule has 1 N–H and O–H groups in total. The van der Waals surface area contributed by atoms with Crippen LogP contribution in [0.1, 0.15) is 31.7 Å². The van der Waals surface area contributed by atoms with Crippen molar-refractivity contribution >= 4 is 17.7 Å². The minimum Gasteiger partial charge on any atom is -0.486 e. The number of nitrogens with one attached hydrogen (secondary N) is 1. The van der Waals surface area contributed by atoms with Crippen molar-refractivity contribution in [3.05, 3.63) is 24.3 Å². The zero-order chi connectivity index (χ0) is 17.8. The summed E-state index contributed by atoms with van der Waals surface area (Å²) >= 11 is 1.37. The van der Waals surface area contributed by atoms with Crippen molar-refractivity contribution in [2.75, 3.05) is 18.9 Å². The van der Waals surface area contributed by atoms with E-state index in [1.165, 1.54) is 24.6 Å². The number of rotatable bonds is 6. The van der Waals surface area contributed by atoms with E-state index >= 15 is 0 Å². The van der Waals surface area contributed by atoms with Gasteiger partial charge in [-0.3, -0.25) is 4.79 Å². The van der Waals surface area contributed by atoms with Crippen LogP contribution in [0.4, 0.5) is 0 Å². The second-order valence-electron chi connectivity index (χ2n) is 6.43. The molecule has 9 heteroatoms. The molecule has 1 atom stereocenters. The summed E-state index contributed by atoms with van der Waals surface area (Å²) in [5.74, 6) is 1.66. The summed E-state index contributed by atoms with van der Waals surface area (Å²) in [7, 11) is 0. The molecule has 2 aliphatic rings. The van der Waals surface area contributed by atoms with Crippen LogP contribution in [0.5, 0.6) is 11.5 Å². The largest absolute Gasteiger partial charge is 0.486 e. The molecule has 0 spiro atoms. The molecule has 0 bridgehead atoms. The highest BCUT2D eigenvalue weighted by molar-refractivity contribution is 7.99. The van der Waals surface area contributed by atoms with Gasteiger partial charge in [-0.2, -0.15) is 0 Å². The third-order valence-electron chi connectivity index (χ3n) is 4.56. The van der Waals surface area contributed by atoms with Crippen molar-refractivity contribution in [3.63, 3.8) is 0 Å². The fraction of sp³-hybridized carbons (Fsp3) is 0.529. The standard InChI is InChI=1S/C17H21N5O3S/c23-16(11-26-17-19-20-21-22(17)12-5-1-2-6-12)18-9-13-10-24-14-7-3-4-8-15(14)25-13/h3-4,7-8,12-13H,1-2,5-6,9-11H2,(H,18,23)/t13-/m1/s1. The van der Waals surface area contributed by atoms with E-state index in [2.05, 4.69) is 20.8 Å². The van der Waals surface area contributed by atoms with E-state index in [0.717, 1.165) is 18.6 Å². The first-order valence-corrected chi connectivity index (χ1v) is 9.84. The molecule has 1 aliphatic heterocycles. The third kappa shape index (κ3) is 3.92. The first-order valence-electron chi connectivity index (χ1n) is 8.85. The molecule has 4 rings (SSSR count). The molecule has 2 heterocycles. The topological polar surface area (TPSA) is 91.2 Å². The number of benzene rings is 1. The molecular formula is C17H21N5O3S. The Labute approximate surface area is 155 Å². The minimum atomic E-state index is -0.192. The van der Waals surface area contributed by atoms with E-state index in [1.807, 2.05) is 28.9 Å². The molecule has 0 radical (unpaired) electrons. The summed E-state index contributed by atoms with van der Waals surface area (Å²) < 4.78 is 13.3. The number of ether oxygens (including phenoxy) is 2. The normalized spacial score (nSPS) is 19.5. The van der Waals surface area contributed by atoms with Gasteiger partial charge in [0.15, 0.2) is 11.5 Å². The van der Waals surface area contributed by atoms with Gasteiger partial charge in [0, 0.05) is 0 Å². The number of tetrazole rings is 1. The number of carbonyl (C=O) groups excluding carboxylic acids is 1. The second-order valence-corrected chi connectivity index (χ2v) is 7.38. The Morgan fingerprint density at radius 3 is 2.92 bits per heavy atom. The molecule has 1 saturated carbocycles. The molecular weight excluding hydrogens is 354 g/mol. The summed E-state index contributed by atoms with van der Waals surface area (Å²) in [6.07, 6.45) is 4.43. The molecule has 0 unspecified atom stereocenters. The average molecular weight is 375 g/mol. The number of carbonyl (C=O) groups is 1. The molecule has 8 nitrogen and oxygen atoms in total. The van der Waals surface area contributed by atoms with Crippen molar-refractivity contribution in [3.8, 4) is 11.5 Å². The van der Waals surface area contributed by atoms with Crippen LogP contribution in [0.3, 0.4) is 0 Å². The highest BCUT2D eigenvalue weighted by atomic mass is 32.2. The second kappa shape index (κ2) is 7.94. The van der Waals surface area contributed by atoms with Crippen molar-refractivity contribution < 1.29 is 14.3 Å². The maximum atomic E-state index is 12.2. The summed E-state index contributed by atoms with van der Waals surface area (Å²) in [5.41, 5.74) is 0. The lowest BCUT2D eigenvalue weighted by atomic mass is 10.2. The molecule has 1 aromatic heterocycles. The molecule has 1 amide bonds. The predicted molar refractivity (Wildman–Crippen MR) is 95.4 cm³/mol. The zero-order valence-corrected chi connectivity index (χ0v) is 15.2. The maximum Gasteiger partial charge on any atom is 0.230 e. The number of fused-ring (bicyclic) bond motifs is 1. The van der Waals surface area contributed by atoms with Crippen LogP contribution < -0.4 is 14.8 Å². The molecule has 0 saturated heterocycles. The lowest BCUT2D eigenvalue weighted by molar-refractivity contribution is -0.119. The van der Waals surface area contributed by atoms with Gasteiger partial charge in [-0.1, -0.05) is 36.7 Å². The molecule has 1 fully saturated rings. The Hall–Kier alpha value is -2.29. The van der Waals surface area contributed by atoms with Crippen LogP contribution in [0, 0.1) is 0 Å². The minimum absolute atomic E-state index is 0.0709. The number of aromatic nitrogens is 4. The summed E-state index contributed by atoms with van der Waals surface area (Å²) in [6, 6.07) is 7.90. The van der Waals surface area contributed by atoms with Crippen LogP contribution in [0.2, 0.25) is 0 Å². The van der Waals surface area contributed by atoms with Gasteiger partial charge in [-0.25, -0.2) is 4.68 Å². The fourth-order valence-electron chi connectivity index (χ4n) is 3.23. The van der Waals surface area contributed by atoms with Crippen molar-refractivity contribution in [2.45, 2.75) is 43.0 Å². The number of thioether (sulfide) groups is 1. The van der Waals surface area contributed by atoms with Gasteiger partial charge in [0.2, 0.25) is 11.1 Å². The zero-order valence-electron chi connectivity index (χ0n) is 14.3. The first kappa shape index (κ1) is 17.1. The quantitative estimate of drug-likeness (QED) is 0.770. The Morgan fingerprint density at radius 1 is 1.27 bits per heavy atom. The van der Waals surface area contributed by atoms with Gasteiger partial charge < -0.3 is 14.8 Å². The van der Waals surface area contributed by atoms with Crippen molar-refractivity contribution in [1.82, 2.24) is 25.5 Å². The maximum absolute atomic E-state index is 12.2. The van der Waals surface area contributed by atoms with Crippen molar-refractivity contribution in [2.24, 2.45) is 0 Å². The Kier molecular flexibility index (Phi) is 5.24. The number of para-hydroxylation sites is 2. The third-order valence-corrected chi connectivity index (χ3v) is 5.49. The van der Waals surface area contributed by atoms with Crippen LogP contribution in [0.15, 0.2) is 29.4 Å². The molecule has 1 aliphatic carbocycles. The monoisotopic (exact) mass is 375 g/mol. The lowest BCUT2D eigenvalue weighted by Crippen LogP contribution is -2.41. The van der Waals surface area contributed by atoms with Crippen LogP contribution in [-0.4, -0.2) is 51.1 Å². The van der Waals surface area contributed by atoms with E-state index in [0.29, 0.717) is 30.1 Å². The Balaban J connectivity index is 1.23. The molecule has 1 aromatic carbocycles. The number of nitrogens with zero attached hydrogens (tertiary/aromatic N) is 4. The summed E-state index contributed by atoms with van der Waals surface area (Å²) in [6.45, 7) is 0.825. The molecule has 26 heavy (non-hydrogen) atoms. The van der Waals surface area contributed by atoms with Gasteiger partial charge in [0.1, 0.15) is 12.7 Å². The number of hydrogen-bond acceptors (Lipinski definition) is 7. The lowest BCUT2D eigenvalue weighted by Gasteiger charge is -2.26. The van der Waals surface area contributed by atoms with Gasteiger partial charge in [-0.05, 0) is 35.4 Å². The van der Waals surface area contributed by atoms with Gasteiger partial charge >= 0.3 is 0 Å². The Bertz CT molecular complexity index is 762. The first-order chi connectivity index (χ1) is 12.8. The number of hydrogen-bond donors (Lipinski definition) is 1. The smallest absolute Gasteiger partial charge is 0.230 e. The number of amides is 1. The van der Waals surface area contributed by atoms with Crippen LogP contribution >= 0.6 is 11.8 Å². The SMILES string of the molecule is O=C(CSc1nnnn1C1CCCC1)NC[C@@H]1COc2ccccc2O1. The highest BCUT2D eigenvalue weighted by Gasteiger charge is 2.23. The van der Waals surface area contributed by atoms with E-state index in [1.54, 1.807) is 0 Å². The fourth-order valence-corrected chi connectivity index (χ4v) is 4.01. The molecule has 138 valence electrons. The van der Waals surface area contributed by atoms with Gasteiger partial charge in [-0.15, -0.1) is 5.10 Å². The van der Waals surface area contributed by atoms with E-state index in [9.17, 15) is 4.79 Å². The summed E-state index contributed by atoms with van der Waals surface area (Å²) in [4.78, 5) is 12.2. The van der Waals surface area contributed by atoms with Gasteiger partial charge in [0.25, 0.3) is 0 Å².